The van der Waals surface area contributed by atoms with Crippen LogP contribution in [0.1, 0.15) is 56.8 Å². The number of aromatic carboxylic acids is 2. The largest absolute Gasteiger partial charge is 0.478 e. The van der Waals surface area contributed by atoms with Crippen LogP contribution in [0.15, 0.2) is 94.7 Å². The van der Waals surface area contributed by atoms with Crippen LogP contribution < -0.4 is 16.0 Å². The molecular formula is C36H41ClN4O10S2. The number of halogens is 1. The number of anilines is 2. The smallest absolute Gasteiger partial charge is 0.335 e. The minimum atomic E-state index is -3.96. The van der Waals surface area contributed by atoms with Crippen molar-refractivity contribution in [2.24, 2.45) is 0 Å². The highest BCUT2D eigenvalue weighted by molar-refractivity contribution is 8.13. The molecule has 0 bridgehead atoms. The van der Waals surface area contributed by atoms with Crippen molar-refractivity contribution in [2.45, 2.75) is 49.8 Å². The number of fused-ring (bicyclic) bond motifs is 2. The molecule has 53 heavy (non-hydrogen) atoms. The van der Waals surface area contributed by atoms with Gasteiger partial charge in [0, 0.05) is 57.9 Å². The van der Waals surface area contributed by atoms with Crippen LogP contribution in [0.5, 0.6) is 0 Å². The van der Waals surface area contributed by atoms with Gasteiger partial charge in [0.05, 0.1) is 29.1 Å². The Balaban J connectivity index is 0.000000215. The normalized spacial score (nSPS) is 12.9. The maximum atomic E-state index is 13.0. The van der Waals surface area contributed by atoms with Crippen molar-refractivity contribution in [3.63, 3.8) is 0 Å². The van der Waals surface area contributed by atoms with Crippen molar-refractivity contribution >= 4 is 59.0 Å². The van der Waals surface area contributed by atoms with Gasteiger partial charge in [-0.25, -0.2) is 26.4 Å². The number of hydrogen-bond acceptors (Lipinski definition) is 11. The zero-order valence-electron chi connectivity index (χ0n) is 29.4. The fourth-order valence-corrected chi connectivity index (χ4v) is 7.89. The molecule has 4 aromatic rings. The summed E-state index contributed by atoms with van der Waals surface area (Å²) >= 11 is 0. The maximum absolute atomic E-state index is 13.0. The van der Waals surface area contributed by atoms with E-state index in [1.54, 1.807) is 14.0 Å². The molecule has 14 nitrogen and oxygen atoms in total. The Labute approximate surface area is 313 Å². The average Bonchev–Trinajstić information content (AvgIpc) is 3.79. The van der Waals surface area contributed by atoms with E-state index in [0.29, 0.717) is 25.4 Å². The van der Waals surface area contributed by atoms with Gasteiger partial charge in [-0.1, -0.05) is 48.5 Å². The molecule has 2 aliphatic heterocycles. The summed E-state index contributed by atoms with van der Waals surface area (Å²) in [6.45, 7) is 6.34. The van der Waals surface area contributed by atoms with E-state index < -0.39 is 31.0 Å². The predicted octanol–water partition coefficient (Wildman–Crippen LogP) is 5.34. The molecule has 6 rings (SSSR count). The Morgan fingerprint density at radius 3 is 1.51 bits per heavy atom. The third-order valence-corrected chi connectivity index (χ3v) is 11.0. The number of nitrogens with one attached hydrogen (secondary N) is 3. The number of carboxylic acids is 2. The molecule has 0 radical (unpaired) electrons. The molecular weight excluding hydrogens is 748 g/mol. The topological polar surface area (TPSA) is 209 Å². The zero-order chi connectivity index (χ0) is 39.3. The second-order valence-corrected chi connectivity index (χ2v) is 15.7. The van der Waals surface area contributed by atoms with Gasteiger partial charge in [-0.05, 0) is 65.6 Å². The molecule has 0 amide bonds. The molecule has 4 aromatic carbocycles. The lowest BCUT2D eigenvalue weighted by molar-refractivity contribution is -0.140. The van der Waals surface area contributed by atoms with Crippen LogP contribution in [0.4, 0.5) is 11.4 Å². The molecule has 0 saturated carbocycles. The number of carbonyl (C=O) groups is 3. The van der Waals surface area contributed by atoms with Crippen LogP contribution in [0, 0.1) is 0 Å². The van der Waals surface area contributed by atoms with Gasteiger partial charge in [-0.2, -0.15) is 4.31 Å². The number of hydrogen-bond donors (Lipinski definition) is 5. The standard InChI is InChI=1S/C16H16N2O4S.C8H8ClNO4S.C8H9N.C4H8O2/c1-17-14-7-6-11(16(19)20)8-15(14)23(21,22)18-9-12-4-2-3-5-13(12)10-18;1-10-6-3-2-5(8(11)12)4-7(6)15(9,13)14;1-2-4-8-6-9-5-7(8)3-1;1-3-6-4(2)5/h2-8,17H,9-10H2,1H3,(H,19,20);2-4,10H,1H3,(H,11,12);1-4,9H,5-6H2;3H2,1-2H3. The molecule has 0 saturated heterocycles. The first-order chi connectivity index (χ1) is 25.0. The van der Waals surface area contributed by atoms with Crippen LogP contribution in [0.3, 0.4) is 0 Å². The summed E-state index contributed by atoms with van der Waals surface area (Å²) in [6, 6.07) is 23.8. The number of ether oxygens (including phenoxy) is 1. The molecule has 0 atom stereocenters. The van der Waals surface area contributed by atoms with E-state index >= 15 is 0 Å². The van der Waals surface area contributed by atoms with Crippen LogP contribution in [-0.2, 0) is 54.8 Å². The highest BCUT2D eigenvalue weighted by atomic mass is 35.7. The first-order valence-electron chi connectivity index (χ1n) is 16.1. The van der Waals surface area contributed by atoms with Gasteiger partial charge in [0.1, 0.15) is 9.79 Å². The van der Waals surface area contributed by atoms with Crippen LogP contribution in [0.25, 0.3) is 0 Å². The second kappa shape index (κ2) is 19.2. The van der Waals surface area contributed by atoms with E-state index in [1.165, 1.54) is 59.7 Å². The molecule has 0 unspecified atom stereocenters. The minimum Gasteiger partial charge on any atom is -0.478 e. The van der Waals surface area contributed by atoms with E-state index in [2.05, 4.69) is 45.0 Å². The van der Waals surface area contributed by atoms with Crippen molar-refractivity contribution in [3.8, 4) is 0 Å². The first kappa shape index (κ1) is 42.4. The lowest BCUT2D eigenvalue weighted by atomic mass is 10.1. The molecule has 5 N–H and O–H groups in total. The molecule has 0 fully saturated rings. The van der Waals surface area contributed by atoms with E-state index in [9.17, 15) is 31.2 Å². The average molecular weight is 789 g/mol. The number of sulfonamides is 1. The molecule has 284 valence electrons. The number of esters is 1. The minimum absolute atomic E-state index is 0.0206. The summed E-state index contributed by atoms with van der Waals surface area (Å²) in [6.07, 6.45) is 0. The summed E-state index contributed by atoms with van der Waals surface area (Å²) in [5.74, 6) is -2.58. The van der Waals surface area contributed by atoms with E-state index in [1.807, 2.05) is 24.3 Å². The van der Waals surface area contributed by atoms with Crippen molar-refractivity contribution in [2.75, 3.05) is 31.3 Å². The Hall–Kier alpha value is -5.00. The van der Waals surface area contributed by atoms with Gasteiger partial charge in [0.25, 0.3) is 9.05 Å². The van der Waals surface area contributed by atoms with Crippen molar-refractivity contribution in [3.05, 3.63) is 118 Å². The zero-order valence-corrected chi connectivity index (χ0v) is 31.8. The number of carboxylic acid groups (broad SMARTS) is 2. The van der Waals surface area contributed by atoms with Gasteiger partial charge < -0.3 is 30.9 Å². The van der Waals surface area contributed by atoms with Gasteiger partial charge in [0.2, 0.25) is 10.0 Å². The molecule has 17 heteroatoms. The van der Waals surface area contributed by atoms with Crippen molar-refractivity contribution in [1.82, 2.24) is 9.62 Å². The number of benzene rings is 4. The van der Waals surface area contributed by atoms with Crippen LogP contribution >= 0.6 is 10.7 Å². The monoisotopic (exact) mass is 788 g/mol. The maximum Gasteiger partial charge on any atom is 0.335 e. The Morgan fingerprint density at radius 1 is 0.736 bits per heavy atom. The van der Waals surface area contributed by atoms with Gasteiger partial charge in [-0.3, -0.25) is 4.79 Å². The fraction of sp³-hybridized carbons (Fsp3) is 0.250. The summed E-state index contributed by atoms with van der Waals surface area (Å²) in [5, 5.41) is 26.5. The van der Waals surface area contributed by atoms with Crippen molar-refractivity contribution < 1.29 is 46.2 Å². The Kier molecular flexibility index (Phi) is 15.4. The molecule has 2 heterocycles. The third kappa shape index (κ3) is 11.8. The number of carbonyl (C=O) groups excluding carboxylic acids is 1. The molecule has 0 spiro atoms. The fourth-order valence-electron chi connectivity index (χ4n) is 5.19. The highest BCUT2D eigenvalue weighted by Gasteiger charge is 2.32. The number of rotatable bonds is 8. The lowest BCUT2D eigenvalue weighted by Gasteiger charge is -2.18. The van der Waals surface area contributed by atoms with Gasteiger partial charge in [0.15, 0.2) is 0 Å². The summed E-state index contributed by atoms with van der Waals surface area (Å²) < 4.78 is 53.9. The summed E-state index contributed by atoms with van der Waals surface area (Å²) in [5.41, 5.74) is 5.30. The first-order valence-corrected chi connectivity index (χ1v) is 19.8. The van der Waals surface area contributed by atoms with Crippen LogP contribution in [-0.4, -0.2) is 70.0 Å². The van der Waals surface area contributed by atoms with E-state index in [0.717, 1.165) is 30.3 Å². The van der Waals surface area contributed by atoms with Gasteiger partial charge in [-0.15, -0.1) is 0 Å². The summed E-state index contributed by atoms with van der Waals surface area (Å²) in [4.78, 5) is 31.3. The summed E-state index contributed by atoms with van der Waals surface area (Å²) in [7, 11) is 0.525. The van der Waals surface area contributed by atoms with E-state index in [4.69, 9.17) is 20.9 Å². The second-order valence-electron chi connectivity index (χ2n) is 11.3. The Morgan fingerprint density at radius 2 is 1.15 bits per heavy atom. The third-order valence-electron chi connectivity index (χ3n) is 7.78. The Bertz CT molecular complexity index is 2120. The lowest BCUT2D eigenvalue weighted by Crippen LogP contribution is -2.26. The quantitative estimate of drug-likeness (QED) is 0.113. The van der Waals surface area contributed by atoms with Gasteiger partial charge >= 0.3 is 17.9 Å². The number of nitrogens with zero attached hydrogens (tertiary/aromatic N) is 1. The van der Waals surface area contributed by atoms with Crippen molar-refractivity contribution in [1.29, 1.82) is 0 Å². The molecule has 0 aromatic heterocycles. The molecule has 2 aliphatic rings. The predicted molar refractivity (Wildman–Crippen MR) is 201 cm³/mol. The van der Waals surface area contributed by atoms with E-state index in [-0.39, 0.29) is 32.6 Å². The molecule has 0 aliphatic carbocycles. The van der Waals surface area contributed by atoms with Crippen LogP contribution in [0.2, 0.25) is 0 Å². The SMILES string of the molecule is CCOC(C)=O.CNc1ccc(C(=O)O)cc1S(=O)(=O)Cl.CNc1ccc(C(=O)O)cc1S(=O)(=O)N1Cc2ccccc2C1.c1ccc2c(c1)CNC2. The highest BCUT2D eigenvalue weighted by Crippen LogP contribution is 2.32.